The van der Waals surface area contributed by atoms with Crippen LogP contribution in [0.3, 0.4) is 0 Å². The standard InChI is InChI=1S/C20H15N3O4S2/c1-23(19-21-14-4-2-3-5-15(14)28-19)11-17(24)27-13-8-6-12(7-9-13)10-16-18(25)22-20(26)29-16/h2-10H,11H2,1H3,(H,22,25,26)/b16-10-. The van der Waals surface area contributed by atoms with Crippen molar-refractivity contribution in [2.75, 3.05) is 18.5 Å². The fourth-order valence-electron chi connectivity index (χ4n) is 2.65. The summed E-state index contributed by atoms with van der Waals surface area (Å²) in [4.78, 5) is 41.6. The number of amides is 2. The number of thiazole rings is 1. The fraction of sp³-hybridized carbons (Fsp3) is 0.100. The zero-order valence-electron chi connectivity index (χ0n) is 15.2. The quantitative estimate of drug-likeness (QED) is 0.379. The lowest BCUT2D eigenvalue weighted by Crippen LogP contribution is -2.28. The summed E-state index contributed by atoms with van der Waals surface area (Å²) in [6, 6.07) is 14.5. The molecule has 9 heteroatoms. The smallest absolute Gasteiger partial charge is 0.330 e. The highest BCUT2D eigenvalue weighted by atomic mass is 32.2. The van der Waals surface area contributed by atoms with Crippen LogP contribution in [0, 0.1) is 0 Å². The number of hydrogen-bond donors (Lipinski definition) is 1. The van der Waals surface area contributed by atoms with Gasteiger partial charge in [-0.1, -0.05) is 35.6 Å². The molecule has 29 heavy (non-hydrogen) atoms. The van der Waals surface area contributed by atoms with Gasteiger partial charge in [0.25, 0.3) is 11.1 Å². The van der Waals surface area contributed by atoms with Crippen LogP contribution in [-0.4, -0.2) is 35.7 Å². The van der Waals surface area contributed by atoms with E-state index < -0.39 is 11.9 Å². The van der Waals surface area contributed by atoms with E-state index in [1.807, 2.05) is 24.3 Å². The van der Waals surface area contributed by atoms with Crippen LogP contribution in [0.25, 0.3) is 16.3 Å². The van der Waals surface area contributed by atoms with Gasteiger partial charge in [0.1, 0.15) is 12.3 Å². The maximum atomic E-state index is 12.3. The third-order valence-corrected chi connectivity index (χ3v) is 5.99. The number of ether oxygens (including phenoxy) is 1. The van der Waals surface area contributed by atoms with Crippen LogP contribution in [0.2, 0.25) is 0 Å². The molecule has 1 N–H and O–H groups in total. The minimum atomic E-state index is -0.409. The molecule has 4 rings (SSSR count). The number of imide groups is 1. The van der Waals surface area contributed by atoms with E-state index in [9.17, 15) is 14.4 Å². The number of carbonyl (C=O) groups excluding carboxylic acids is 3. The topological polar surface area (TPSA) is 88.6 Å². The van der Waals surface area contributed by atoms with Crippen molar-refractivity contribution < 1.29 is 19.1 Å². The number of rotatable bonds is 5. The lowest BCUT2D eigenvalue weighted by molar-refractivity contribution is -0.132. The Kier molecular flexibility index (Phi) is 5.32. The number of aromatic nitrogens is 1. The van der Waals surface area contributed by atoms with Crippen LogP contribution in [0.15, 0.2) is 53.4 Å². The Morgan fingerprint density at radius 3 is 2.62 bits per heavy atom. The maximum absolute atomic E-state index is 12.3. The van der Waals surface area contributed by atoms with Crippen LogP contribution in [0.1, 0.15) is 5.56 Å². The van der Waals surface area contributed by atoms with Crippen LogP contribution < -0.4 is 15.0 Å². The second kappa shape index (κ2) is 8.06. The van der Waals surface area contributed by atoms with Gasteiger partial charge in [-0.05, 0) is 47.7 Å². The van der Waals surface area contributed by atoms with Gasteiger partial charge in [0.2, 0.25) is 0 Å². The third kappa shape index (κ3) is 4.47. The van der Waals surface area contributed by atoms with Gasteiger partial charge in [-0.25, -0.2) is 9.78 Å². The zero-order valence-corrected chi connectivity index (χ0v) is 16.9. The fourth-order valence-corrected chi connectivity index (χ4v) is 4.26. The molecular weight excluding hydrogens is 410 g/mol. The first-order valence-corrected chi connectivity index (χ1v) is 10.2. The van der Waals surface area contributed by atoms with E-state index >= 15 is 0 Å². The van der Waals surface area contributed by atoms with Crippen molar-refractivity contribution in [1.29, 1.82) is 0 Å². The molecule has 0 radical (unpaired) electrons. The Morgan fingerprint density at radius 1 is 1.17 bits per heavy atom. The van der Waals surface area contributed by atoms with Gasteiger partial charge in [0.15, 0.2) is 5.13 Å². The maximum Gasteiger partial charge on any atom is 0.330 e. The number of hydrogen-bond acceptors (Lipinski definition) is 8. The summed E-state index contributed by atoms with van der Waals surface area (Å²) in [5, 5.41) is 2.56. The number of thioether (sulfide) groups is 1. The largest absolute Gasteiger partial charge is 0.425 e. The lowest BCUT2D eigenvalue weighted by Gasteiger charge is -2.14. The molecule has 1 aromatic heterocycles. The molecule has 7 nitrogen and oxygen atoms in total. The predicted octanol–water partition coefficient (Wildman–Crippen LogP) is 3.66. The molecule has 1 fully saturated rings. The van der Waals surface area contributed by atoms with E-state index in [4.69, 9.17) is 4.74 Å². The summed E-state index contributed by atoms with van der Waals surface area (Å²) in [6.45, 7) is 0.0601. The molecule has 0 aliphatic carbocycles. The molecule has 0 unspecified atom stereocenters. The molecule has 3 aromatic rings. The molecule has 2 aromatic carbocycles. The van der Waals surface area contributed by atoms with Crippen molar-refractivity contribution in [2.24, 2.45) is 0 Å². The number of para-hydroxylation sites is 1. The van der Waals surface area contributed by atoms with Gasteiger partial charge in [-0.15, -0.1) is 0 Å². The van der Waals surface area contributed by atoms with E-state index in [1.165, 1.54) is 11.3 Å². The van der Waals surface area contributed by atoms with E-state index in [0.29, 0.717) is 10.7 Å². The normalized spacial score (nSPS) is 15.0. The minimum absolute atomic E-state index is 0.0601. The van der Waals surface area contributed by atoms with Gasteiger partial charge in [0, 0.05) is 7.05 Å². The Balaban J connectivity index is 1.37. The van der Waals surface area contributed by atoms with Gasteiger partial charge >= 0.3 is 5.97 Å². The molecule has 146 valence electrons. The monoisotopic (exact) mass is 425 g/mol. The van der Waals surface area contributed by atoms with Crippen LogP contribution in [0.5, 0.6) is 5.75 Å². The van der Waals surface area contributed by atoms with Crippen molar-refractivity contribution in [1.82, 2.24) is 10.3 Å². The van der Waals surface area contributed by atoms with E-state index in [1.54, 1.807) is 42.3 Å². The van der Waals surface area contributed by atoms with Gasteiger partial charge < -0.3 is 9.64 Å². The first-order valence-electron chi connectivity index (χ1n) is 8.60. The summed E-state index contributed by atoms with van der Waals surface area (Å²) >= 11 is 2.37. The minimum Gasteiger partial charge on any atom is -0.425 e. The first kappa shape index (κ1) is 19.2. The summed E-state index contributed by atoms with van der Waals surface area (Å²) in [7, 11) is 1.79. The average molecular weight is 425 g/mol. The molecule has 1 saturated heterocycles. The molecule has 1 aliphatic rings. The number of likely N-dealkylation sites (N-methyl/N-ethyl adjacent to an activating group) is 1. The predicted molar refractivity (Wildman–Crippen MR) is 114 cm³/mol. The Morgan fingerprint density at radius 2 is 1.93 bits per heavy atom. The molecule has 2 heterocycles. The second-order valence-corrected chi connectivity index (χ2v) is 8.24. The van der Waals surface area contributed by atoms with Gasteiger partial charge in [-0.2, -0.15) is 0 Å². The highest BCUT2D eigenvalue weighted by Crippen LogP contribution is 2.28. The van der Waals surface area contributed by atoms with Crippen LogP contribution in [0.4, 0.5) is 9.93 Å². The number of carbonyl (C=O) groups is 3. The van der Waals surface area contributed by atoms with Gasteiger partial charge in [-0.3, -0.25) is 14.9 Å². The number of esters is 1. The highest BCUT2D eigenvalue weighted by Gasteiger charge is 2.24. The molecule has 1 aliphatic heterocycles. The van der Waals surface area contributed by atoms with E-state index in [-0.39, 0.29) is 11.8 Å². The number of nitrogens with one attached hydrogen (secondary N) is 1. The van der Waals surface area contributed by atoms with Crippen molar-refractivity contribution in [3.8, 4) is 5.75 Å². The molecule has 0 spiro atoms. The summed E-state index contributed by atoms with van der Waals surface area (Å²) < 4.78 is 6.44. The summed E-state index contributed by atoms with van der Waals surface area (Å²) in [6.07, 6.45) is 1.61. The number of nitrogens with zero attached hydrogens (tertiary/aromatic N) is 2. The Bertz CT molecular complexity index is 1110. The molecule has 2 amide bonds. The number of fused-ring (bicyclic) bond motifs is 1. The Hall–Kier alpha value is -3.17. The summed E-state index contributed by atoms with van der Waals surface area (Å²) in [5.41, 5.74) is 1.62. The van der Waals surface area contributed by atoms with E-state index in [2.05, 4.69) is 10.3 Å². The van der Waals surface area contributed by atoms with Crippen molar-refractivity contribution in [3.63, 3.8) is 0 Å². The number of benzene rings is 2. The molecular formula is C20H15N3O4S2. The zero-order chi connectivity index (χ0) is 20.4. The lowest BCUT2D eigenvalue weighted by atomic mass is 10.2. The number of anilines is 1. The SMILES string of the molecule is CN(CC(=O)Oc1ccc(/C=C2\SC(=O)NC2=O)cc1)c1nc2ccccc2s1. The van der Waals surface area contributed by atoms with Crippen molar-refractivity contribution >= 4 is 61.6 Å². The van der Waals surface area contributed by atoms with Crippen LogP contribution in [-0.2, 0) is 9.59 Å². The van der Waals surface area contributed by atoms with Crippen molar-refractivity contribution in [3.05, 3.63) is 59.0 Å². The molecule has 0 saturated carbocycles. The van der Waals surface area contributed by atoms with Gasteiger partial charge in [0.05, 0.1) is 15.1 Å². The summed E-state index contributed by atoms with van der Waals surface area (Å²) in [5.74, 6) is -0.419. The second-order valence-electron chi connectivity index (χ2n) is 6.22. The third-order valence-electron chi connectivity index (χ3n) is 4.03. The first-order chi connectivity index (χ1) is 14.0. The van der Waals surface area contributed by atoms with E-state index in [0.717, 1.165) is 32.7 Å². The molecule has 0 bridgehead atoms. The molecule has 0 atom stereocenters. The average Bonchev–Trinajstić information content (AvgIpc) is 3.26. The van der Waals surface area contributed by atoms with Crippen LogP contribution >= 0.6 is 23.1 Å². The highest BCUT2D eigenvalue weighted by molar-refractivity contribution is 8.18. The van der Waals surface area contributed by atoms with Crippen molar-refractivity contribution in [2.45, 2.75) is 0 Å². The Labute approximate surface area is 174 Å².